The number of aryl methyl sites for hydroxylation is 2. The van der Waals surface area contributed by atoms with Gasteiger partial charge in [-0.1, -0.05) is 0 Å². The molecule has 2 heterocycles. The van der Waals surface area contributed by atoms with E-state index in [9.17, 15) is 4.79 Å². The molecule has 2 aromatic rings. The summed E-state index contributed by atoms with van der Waals surface area (Å²) in [4.78, 5) is 18.0. The lowest BCUT2D eigenvalue weighted by Crippen LogP contribution is -2.35. The predicted molar refractivity (Wildman–Crippen MR) is 82.3 cm³/mol. The van der Waals surface area contributed by atoms with Crippen molar-refractivity contribution in [1.82, 2.24) is 10.3 Å². The number of nitrogens with one attached hydrogen (secondary N) is 1. The lowest BCUT2D eigenvalue weighted by atomic mass is 10.1. The quantitative estimate of drug-likeness (QED) is 0.906. The Balaban J connectivity index is 2.38. The number of hydrogen-bond donors (Lipinski definition) is 2. The zero-order valence-corrected chi connectivity index (χ0v) is 12.9. The molecule has 2 rings (SSSR count). The second-order valence-corrected chi connectivity index (χ2v) is 5.93. The van der Waals surface area contributed by atoms with Crippen LogP contribution < -0.4 is 11.1 Å². The van der Waals surface area contributed by atoms with Crippen molar-refractivity contribution in [2.24, 2.45) is 0 Å². The minimum Gasteiger partial charge on any atom is -0.397 e. The van der Waals surface area contributed by atoms with Crippen LogP contribution in [0.25, 0.3) is 10.2 Å². The molecule has 108 valence electrons. The number of pyridine rings is 1. The average Bonchev–Trinajstić information content (AvgIpc) is 2.66. The molecule has 0 aliphatic rings. The van der Waals surface area contributed by atoms with E-state index in [4.69, 9.17) is 10.5 Å². The van der Waals surface area contributed by atoms with Gasteiger partial charge in [-0.25, -0.2) is 4.98 Å². The monoisotopic (exact) mass is 293 g/mol. The van der Waals surface area contributed by atoms with Crippen LogP contribution in [-0.2, 0) is 4.74 Å². The molecule has 20 heavy (non-hydrogen) atoms. The number of nitrogen functional groups attached to an aromatic ring is 1. The van der Waals surface area contributed by atoms with Gasteiger partial charge in [0.1, 0.15) is 9.71 Å². The highest BCUT2D eigenvalue weighted by Crippen LogP contribution is 2.34. The van der Waals surface area contributed by atoms with Gasteiger partial charge >= 0.3 is 0 Å². The fraction of sp³-hybridized carbons (Fsp3) is 0.429. The van der Waals surface area contributed by atoms with E-state index in [1.54, 1.807) is 7.11 Å². The first-order valence-corrected chi connectivity index (χ1v) is 7.21. The van der Waals surface area contributed by atoms with Gasteiger partial charge in [-0.3, -0.25) is 4.79 Å². The molecule has 0 saturated carbocycles. The number of carbonyl (C=O) groups is 1. The van der Waals surface area contributed by atoms with Gasteiger partial charge in [0.05, 0.1) is 12.3 Å². The summed E-state index contributed by atoms with van der Waals surface area (Å²) in [5.41, 5.74) is 8.60. The van der Waals surface area contributed by atoms with Crippen molar-refractivity contribution in [2.45, 2.75) is 26.8 Å². The lowest BCUT2D eigenvalue weighted by molar-refractivity contribution is 0.0910. The molecule has 6 heteroatoms. The number of ether oxygens (including phenoxy) is 1. The van der Waals surface area contributed by atoms with Crippen molar-refractivity contribution in [3.05, 3.63) is 22.2 Å². The van der Waals surface area contributed by atoms with E-state index in [0.29, 0.717) is 17.2 Å². The van der Waals surface area contributed by atoms with Crippen LogP contribution in [0, 0.1) is 13.8 Å². The number of methoxy groups -OCH3 is 1. The Kier molecular flexibility index (Phi) is 4.25. The third-order valence-electron chi connectivity index (χ3n) is 3.02. The number of amides is 1. The molecule has 5 nitrogen and oxygen atoms in total. The number of fused-ring (bicyclic) bond motifs is 1. The number of thiophene rings is 1. The van der Waals surface area contributed by atoms with Gasteiger partial charge < -0.3 is 15.8 Å². The highest BCUT2D eigenvalue weighted by molar-refractivity contribution is 7.21. The van der Waals surface area contributed by atoms with Crippen LogP contribution in [0.1, 0.15) is 27.9 Å². The molecule has 3 N–H and O–H groups in total. The lowest BCUT2D eigenvalue weighted by Gasteiger charge is -2.11. The molecule has 0 aromatic carbocycles. The summed E-state index contributed by atoms with van der Waals surface area (Å²) in [6.07, 6.45) is 0. The number of hydrogen-bond acceptors (Lipinski definition) is 5. The van der Waals surface area contributed by atoms with Crippen molar-refractivity contribution >= 4 is 33.1 Å². The van der Waals surface area contributed by atoms with Crippen molar-refractivity contribution in [3.63, 3.8) is 0 Å². The zero-order chi connectivity index (χ0) is 14.9. The fourth-order valence-electron chi connectivity index (χ4n) is 2.22. The summed E-state index contributed by atoms with van der Waals surface area (Å²) in [5.74, 6) is -0.174. The second kappa shape index (κ2) is 5.76. The Labute approximate surface area is 122 Å². The molecule has 0 bridgehead atoms. The maximum Gasteiger partial charge on any atom is 0.263 e. The van der Waals surface area contributed by atoms with E-state index >= 15 is 0 Å². The van der Waals surface area contributed by atoms with Gasteiger partial charge in [0.15, 0.2) is 0 Å². The minimum absolute atomic E-state index is 0.0621. The van der Waals surface area contributed by atoms with Crippen LogP contribution in [0.4, 0.5) is 5.69 Å². The number of anilines is 1. The Bertz CT molecular complexity index is 651. The molecule has 1 unspecified atom stereocenters. The van der Waals surface area contributed by atoms with E-state index < -0.39 is 0 Å². The summed E-state index contributed by atoms with van der Waals surface area (Å²) in [6, 6.07) is 1.91. The number of rotatable bonds is 4. The standard InChI is InChI=1S/C14H19N3O2S/c1-7-5-8(2)17-14-10(7)11(15)12(20-14)13(18)16-9(3)6-19-4/h5,9H,6,15H2,1-4H3,(H,16,18). The van der Waals surface area contributed by atoms with Crippen LogP contribution in [0.15, 0.2) is 6.07 Å². The van der Waals surface area contributed by atoms with E-state index in [1.807, 2.05) is 26.8 Å². The second-order valence-electron chi connectivity index (χ2n) is 4.94. The van der Waals surface area contributed by atoms with Crippen LogP contribution in [0.5, 0.6) is 0 Å². The SMILES string of the molecule is COCC(C)NC(=O)c1sc2nc(C)cc(C)c2c1N. The zero-order valence-electron chi connectivity index (χ0n) is 12.1. The fourth-order valence-corrected chi connectivity index (χ4v) is 3.34. The van der Waals surface area contributed by atoms with Gasteiger partial charge in [-0.15, -0.1) is 11.3 Å². The number of aromatic nitrogens is 1. The number of nitrogens with zero attached hydrogens (tertiary/aromatic N) is 1. The normalized spacial score (nSPS) is 12.6. The molecular formula is C14H19N3O2S. The molecule has 0 aliphatic carbocycles. The summed E-state index contributed by atoms with van der Waals surface area (Å²) in [7, 11) is 1.60. The van der Waals surface area contributed by atoms with Crippen LogP contribution in [0.2, 0.25) is 0 Å². The average molecular weight is 293 g/mol. The molecule has 0 aliphatic heterocycles. The van der Waals surface area contributed by atoms with Crippen molar-refractivity contribution in [1.29, 1.82) is 0 Å². The van der Waals surface area contributed by atoms with E-state index in [2.05, 4.69) is 10.3 Å². The molecular weight excluding hydrogens is 274 g/mol. The Hall–Kier alpha value is -1.66. The Morgan fingerprint density at radius 3 is 2.90 bits per heavy atom. The van der Waals surface area contributed by atoms with Crippen molar-refractivity contribution in [2.75, 3.05) is 19.5 Å². The first-order valence-electron chi connectivity index (χ1n) is 6.40. The maximum absolute atomic E-state index is 12.3. The Morgan fingerprint density at radius 2 is 2.25 bits per heavy atom. The highest BCUT2D eigenvalue weighted by atomic mass is 32.1. The van der Waals surface area contributed by atoms with Gasteiger partial charge in [-0.2, -0.15) is 0 Å². The molecule has 0 radical (unpaired) electrons. The summed E-state index contributed by atoms with van der Waals surface area (Å²) in [6.45, 7) is 6.27. The van der Waals surface area contributed by atoms with Crippen LogP contribution in [0.3, 0.4) is 0 Å². The predicted octanol–water partition coefficient (Wildman–Crippen LogP) is 2.26. The van der Waals surface area contributed by atoms with E-state index in [1.165, 1.54) is 11.3 Å². The molecule has 0 spiro atoms. The minimum atomic E-state index is -0.174. The highest BCUT2D eigenvalue weighted by Gasteiger charge is 2.20. The third-order valence-corrected chi connectivity index (χ3v) is 4.12. The summed E-state index contributed by atoms with van der Waals surface area (Å²) in [5, 5.41) is 3.75. The topological polar surface area (TPSA) is 77.2 Å². The molecule has 1 atom stereocenters. The van der Waals surface area contributed by atoms with Gasteiger partial charge in [0, 0.05) is 24.2 Å². The molecule has 0 fully saturated rings. The smallest absolute Gasteiger partial charge is 0.263 e. The Morgan fingerprint density at radius 1 is 1.55 bits per heavy atom. The van der Waals surface area contributed by atoms with Crippen LogP contribution >= 0.6 is 11.3 Å². The number of carbonyl (C=O) groups excluding carboxylic acids is 1. The largest absolute Gasteiger partial charge is 0.397 e. The third kappa shape index (κ3) is 2.76. The van der Waals surface area contributed by atoms with Crippen LogP contribution in [-0.4, -0.2) is 30.6 Å². The van der Waals surface area contributed by atoms with Gasteiger partial charge in [-0.05, 0) is 32.4 Å². The summed E-state index contributed by atoms with van der Waals surface area (Å²) < 4.78 is 5.01. The maximum atomic E-state index is 12.3. The molecule has 2 aromatic heterocycles. The summed E-state index contributed by atoms with van der Waals surface area (Å²) >= 11 is 1.33. The number of nitrogens with two attached hydrogens (primary N) is 1. The first kappa shape index (κ1) is 14.7. The van der Waals surface area contributed by atoms with Gasteiger partial charge in [0.25, 0.3) is 5.91 Å². The van der Waals surface area contributed by atoms with E-state index in [0.717, 1.165) is 21.5 Å². The van der Waals surface area contributed by atoms with Crippen molar-refractivity contribution in [3.8, 4) is 0 Å². The van der Waals surface area contributed by atoms with Gasteiger partial charge in [0.2, 0.25) is 0 Å². The first-order chi connectivity index (χ1) is 9.43. The molecule has 1 amide bonds. The molecule has 0 saturated heterocycles. The van der Waals surface area contributed by atoms with E-state index in [-0.39, 0.29) is 11.9 Å². The van der Waals surface area contributed by atoms with Crippen molar-refractivity contribution < 1.29 is 9.53 Å².